The molecule has 2 unspecified atom stereocenters. The maximum Gasteiger partial charge on any atom is 0.330 e. The Labute approximate surface area is 250 Å². The van der Waals surface area contributed by atoms with E-state index in [1.54, 1.807) is 0 Å². The van der Waals surface area contributed by atoms with Crippen LogP contribution in [0.3, 0.4) is 0 Å². The highest BCUT2D eigenvalue weighted by atomic mass is 16.6. The van der Waals surface area contributed by atoms with Gasteiger partial charge in [0, 0.05) is 12.2 Å². The molecule has 0 saturated carbocycles. The Kier molecular flexibility index (Phi) is 13.4. The van der Waals surface area contributed by atoms with E-state index in [1.165, 1.54) is 22.3 Å². The summed E-state index contributed by atoms with van der Waals surface area (Å²) in [4.78, 5) is 22.1. The van der Waals surface area contributed by atoms with Gasteiger partial charge in [0.15, 0.2) is 0 Å². The fourth-order valence-corrected chi connectivity index (χ4v) is 4.73. The zero-order valence-corrected chi connectivity index (χ0v) is 24.8. The largest absolute Gasteiger partial charge is 0.490 e. The Bertz CT molecular complexity index is 1160. The van der Waals surface area contributed by atoms with E-state index >= 15 is 0 Å². The minimum absolute atomic E-state index is 0.200. The van der Waals surface area contributed by atoms with E-state index < -0.39 is 11.9 Å². The second kappa shape index (κ2) is 17.5. The van der Waals surface area contributed by atoms with E-state index in [4.69, 9.17) is 18.9 Å². The van der Waals surface area contributed by atoms with Gasteiger partial charge < -0.3 is 18.9 Å². The molecule has 0 radical (unpaired) electrons. The summed E-state index contributed by atoms with van der Waals surface area (Å²) < 4.78 is 21.1. The number of benzene rings is 3. The molecule has 6 nitrogen and oxygen atoms in total. The van der Waals surface area contributed by atoms with Crippen LogP contribution >= 0.6 is 0 Å². The van der Waals surface area contributed by atoms with Crippen molar-refractivity contribution in [3.05, 3.63) is 120 Å². The summed E-state index contributed by atoms with van der Waals surface area (Å²) in [6.07, 6.45) is 6.31. The van der Waals surface area contributed by atoms with Crippen molar-refractivity contribution in [2.75, 3.05) is 26.4 Å². The third-order valence-corrected chi connectivity index (χ3v) is 6.73. The van der Waals surface area contributed by atoms with E-state index in [0.717, 1.165) is 49.3 Å². The minimum atomic E-state index is -0.443. The van der Waals surface area contributed by atoms with E-state index in [-0.39, 0.29) is 13.2 Å². The molecule has 0 spiro atoms. The zero-order valence-electron chi connectivity index (χ0n) is 24.8. The topological polar surface area (TPSA) is 71.1 Å². The number of ether oxygens (including phenoxy) is 4. The summed E-state index contributed by atoms with van der Waals surface area (Å²) in [5, 5.41) is 0. The fourth-order valence-electron chi connectivity index (χ4n) is 4.73. The third-order valence-electron chi connectivity index (χ3n) is 6.73. The molecule has 0 aliphatic heterocycles. The van der Waals surface area contributed by atoms with Gasteiger partial charge in [-0.2, -0.15) is 0 Å². The highest BCUT2D eigenvalue weighted by molar-refractivity contribution is 5.81. The Hall–Kier alpha value is -4.32. The van der Waals surface area contributed by atoms with Crippen LogP contribution in [-0.2, 0) is 44.7 Å². The Morgan fingerprint density at radius 2 is 0.833 bits per heavy atom. The summed E-state index contributed by atoms with van der Waals surface area (Å²) >= 11 is 0. The van der Waals surface area contributed by atoms with E-state index in [0.29, 0.717) is 25.0 Å². The molecule has 42 heavy (non-hydrogen) atoms. The monoisotopic (exact) mass is 570 g/mol. The van der Waals surface area contributed by atoms with Crippen molar-refractivity contribution in [2.24, 2.45) is 11.8 Å². The molecule has 0 bridgehead atoms. The van der Waals surface area contributed by atoms with Gasteiger partial charge in [0.25, 0.3) is 0 Å². The molecule has 0 aromatic heterocycles. The Morgan fingerprint density at radius 1 is 0.548 bits per heavy atom. The zero-order chi connectivity index (χ0) is 30.2. The Balaban J connectivity index is 1.37. The van der Waals surface area contributed by atoms with Gasteiger partial charge in [0.2, 0.25) is 0 Å². The molecule has 0 amide bonds. The maximum absolute atomic E-state index is 11.1. The van der Waals surface area contributed by atoms with Gasteiger partial charge in [-0.3, -0.25) is 0 Å². The van der Waals surface area contributed by atoms with Crippen molar-refractivity contribution in [1.82, 2.24) is 0 Å². The van der Waals surface area contributed by atoms with Crippen LogP contribution in [-0.4, -0.2) is 38.4 Å². The first-order chi connectivity index (χ1) is 20.3. The van der Waals surface area contributed by atoms with Crippen LogP contribution in [0.4, 0.5) is 0 Å². The molecule has 2 atom stereocenters. The van der Waals surface area contributed by atoms with Gasteiger partial charge in [-0.05, 0) is 84.0 Å². The molecule has 0 heterocycles. The van der Waals surface area contributed by atoms with Crippen molar-refractivity contribution in [3.8, 4) is 11.5 Å². The molecule has 0 N–H and O–H groups in total. The summed E-state index contributed by atoms with van der Waals surface area (Å²) in [5.74, 6) is 1.65. The van der Waals surface area contributed by atoms with Crippen molar-refractivity contribution in [2.45, 2.75) is 39.5 Å². The van der Waals surface area contributed by atoms with E-state index in [9.17, 15) is 9.59 Å². The summed E-state index contributed by atoms with van der Waals surface area (Å²) in [6.45, 7) is 12.3. The van der Waals surface area contributed by atoms with E-state index in [1.807, 2.05) is 24.3 Å². The predicted octanol–water partition coefficient (Wildman–Crippen LogP) is 6.75. The van der Waals surface area contributed by atoms with Crippen LogP contribution in [0, 0.1) is 11.8 Å². The molecular formula is C36H42O6. The molecule has 6 heteroatoms. The third kappa shape index (κ3) is 12.0. The number of hydrogen-bond acceptors (Lipinski definition) is 6. The smallest absolute Gasteiger partial charge is 0.330 e. The second-order valence-electron chi connectivity index (χ2n) is 10.6. The van der Waals surface area contributed by atoms with Gasteiger partial charge in [0.05, 0.1) is 0 Å². The first-order valence-electron chi connectivity index (χ1n) is 14.4. The van der Waals surface area contributed by atoms with Crippen LogP contribution < -0.4 is 9.47 Å². The molecule has 0 saturated heterocycles. The molecular weight excluding hydrogens is 528 g/mol. The molecule has 222 valence electrons. The number of carbonyl (C=O) groups is 2. The van der Waals surface area contributed by atoms with Gasteiger partial charge in [0.1, 0.15) is 37.9 Å². The van der Waals surface area contributed by atoms with Gasteiger partial charge in [-0.1, -0.05) is 75.5 Å². The molecule has 3 aromatic carbocycles. The van der Waals surface area contributed by atoms with Crippen LogP contribution in [0.2, 0.25) is 0 Å². The highest BCUT2D eigenvalue weighted by Gasteiger charge is 2.09. The average Bonchev–Trinajstić information content (AvgIpc) is 2.99. The van der Waals surface area contributed by atoms with Crippen LogP contribution in [0.5, 0.6) is 11.5 Å². The minimum Gasteiger partial charge on any atom is -0.490 e. The summed E-state index contributed by atoms with van der Waals surface area (Å²) in [5.41, 5.74) is 5.24. The quantitative estimate of drug-likeness (QED) is 0.0958. The van der Waals surface area contributed by atoms with Crippen molar-refractivity contribution >= 4 is 11.9 Å². The van der Waals surface area contributed by atoms with Crippen molar-refractivity contribution < 1.29 is 28.5 Å². The van der Waals surface area contributed by atoms with E-state index in [2.05, 4.69) is 75.5 Å². The molecule has 0 aliphatic rings. The molecule has 0 fully saturated rings. The van der Waals surface area contributed by atoms with Gasteiger partial charge in [-0.25, -0.2) is 9.59 Å². The van der Waals surface area contributed by atoms with Crippen LogP contribution in [0.25, 0.3) is 0 Å². The van der Waals surface area contributed by atoms with Crippen LogP contribution in [0.15, 0.2) is 98.1 Å². The molecule has 3 aromatic rings. The standard InChI is InChI=1S/C36H42O6/c1-5-35(37)41-21-19-39-33-15-11-31(12-16-33)25-27(3)23-29-7-9-30(10-8-29)24-28(4)26-32-13-17-34(18-14-32)40-20-22-42-36(38)6-2/h5-18,27-28H,1-2,19-26H2,3-4H3. The lowest BCUT2D eigenvalue weighted by Crippen LogP contribution is -2.10. The van der Waals surface area contributed by atoms with Crippen molar-refractivity contribution in [1.29, 1.82) is 0 Å². The summed E-state index contributed by atoms with van der Waals surface area (Å²) in [7, 11) is 0. The number of rotatable bonds is 18. The highest BCUT2D eigenvalue weighted by Crippen LogP contribution is 2.21. The van der Waals surface area contributed by atoms with Gasteiger partial charge in [-0.15, -0.1) is 0 Å². The maximum atomic E-state index is 11.1. The second-order valence-corrected chi connectivity index (χ2v) is 10.6. The first-order valence-corrected chi connectivity index (χ1v) is 14.4. The fraction of sp³-hybridized carbons (Fsp3) is 0.333. The normalized spacial score (nSPS) is 12.0. The lowest BCUT2D eigenvalue weighted by molar-refractivity contribution is -0.139. The predicted molar refractivity (Wildman–Crippen MR) is 166 cm³/mol. The van der Waals surface area contributed by atoms with Gasteiger partial charge >= 0.3 is 11.9 Å². The lowest BCUT2D eigenvalue weighted by Gasteiger charge is -2.15. The number of esters is 2. The molecule has 3 rings (SSSR count). The van der Waals surface area contributed by atoms with Crippen LogP contribution in [0.1, 0.15) is 36.1 Å². The number of hydrogen-bond donors (Lipinski definition) is 0. The van der Waals surface area contributed by atoms with Crippen molar-refractivity contribution in [3.63, 3.8) is 0 Å². The molecule has 0 aliphatic carbocycles. The SMILES string of the molecule is C=CC(=O)OCCOc1ccc(CC(C)Cc2ccc(CC(C)Cc3ccc(OCCOC(=O)C=C)cc3)cc2)cc1. The summed E-state index contributed by atoms with van der Waals surface area (Å²) in [6, 6.07) is 25.2. The first kappa shape index (κ1) is 32.2. The Morgan fingerprint density at radius 3 is 1.12 bits per heavy atom. The average molecular weight is 571 g/mol. The lowest BCUT2D eigenvalue weighted by atomic mass is 9.91. The number of carbonyl (C=O) groups excluding carboxylic acids is 2.